The Bertz CT molecular complexity index is 566. The van der Waals surface area contributed by atoms with Crippen LogP contribution in [-0.2, 0) is 19.4 Å². The average Bonchev–Trinajstić information content (AvgIpc) is 2.79. The predicted molar refractivity (Wildman–Crippen MR) is 78.1 cm³/mol. The Kier molecular flexibility index (Phi) is 3.38. The van der Waals surface area contributed by atoms with E-state index in [-0.39, 0.29) is 0 Å². The molecule has 1 aromatic heterocycles. The van der Waals surface area contributed by atoms with Crippen molar-refractivity contribution in [3.8, 4) is 11.3 Å². The Morgan fingerprint density at radius 3 is 2.74 bits per heavy atom. The van der Waals surface area contributed by atoms with E-state index in [2.05, 4.69) is 35.8 Å². The largest absolute Gasteiger partial charge is 0.331 e. The molecular formula is C16H21N3. The summed E-state index contributed by atoms with van der Waals surface area (Å²) in [5.74, 6) is 1.24. The lowest BCUT2D eigenvalue weighted by atomic mass is 10.1. The van der Waals surface area contributed by atoms with Gasteiger partial charge < -0.3 is 10.3 Å². The van der Waals surface area contributed by atoms with E-state index in [0.29, 0.717) is 6.54 Å². The first-order valence-electron chi connectivity index (χ1n) is 7.15. The van der Waals surface area contributed by atoms with Crippen LogP contribution < -0.4 is 5.73 Å². The third-order valence-corrected chi connectivity index (χ3v) is 3.89. The van der Waals surface area contributed by atoms with Gasteiger partial charge in [-0.2, -0.15) is 0 Å². The maximum absolute atomic E-state index is 5.78. The quantitative estimate of drug-likeness (QED) is 0.916. The van der Waals surface area contributed by atoms with Crippen molar-refractivity contribution < 1.29 is 0 Å². The number of imidazole rings is 1. The van der Waals surface area contributed by atoms with Crippen molar-refractivity contribution in [2.24, 2.45) is 5.73 Å². The molecule has 1 aliphatic rings. The maximum atomic E-state index is 5.78. The van der Waals surface area contributed by atoms with Gasteiger partial charge in [0.1, 0.15) is 5.82 Å². The molecule has 0 saturated carbocycles. The fraction of sp³-hybridized carbons (Fsp3) is 0.438. The van der Waals surface area contributed by atoms with Crippen LogP contribution >= 0.6 is 0 Å². The van der Waals surface area contributed by atoms with E-state index in [1.807, 2.05) is 0 Å². The SMILES string of the molecule is Cc1ccc(-c2nc3n(c2CCN)CCCC3)cc1. The van der Waals surface area contributed by atoms with Crippen LogP contribution in [0.25, 0.3) is 11.3 Å². The van der Waals surface area contributed by atoms with Crippen molar-refractivity contribution >= 4 is 0 Å². The molecule has 0 atom stereocenters. The second-order valence-electron chi connectivity index (χ2n) is 5.34. The summed E-state index contributed by atoms with van der Waals surface area (Å²) >= 11 is 0. The van der Waals surface area contributed by atoms with Gasteiger partial charge in [-0.25, -0.2) is 4.98 Å². The highest BCUT2D eigenvalue weighted by atomic mass is 15.1. The van der Waals surface area contributed by atoms with Crippen molar-refractivity contribution in [3.63, 3.8) is 0 Å². The van der Waals surface area contributed by atoms with Gasteiger partial charge in [-0.1, -0.05) is 29.8 Å². The summed E-state index contributed by atoms with van der Waals surface area (Å²) in [6.07, 6.45) is 4.53. The lowest BCUT2D eigenvalue weighted by Crippen LogP contribution is -2.15. The highest BCUT2D eigenvalue weighted by Crippen LogP contribution is 2.28. The standard InChI is InChI=1S/C16H21N3/c1-12-5-7-13(8-6-12)16-14(9-10-17)19-11-3-2-4-15(19)18-16/h5-8H,2-4,9-11,17H2,1H3. The van der Waals surface area contributed by atoms with Gasteiger partial charge in [-0.05, 0) is 26.3 Å². The van der Waals surface area contributed by atoms with Crippen LogP contribution in [0, 0.1) is 6.92 Å². The van der Waals surface area contributed by atoms with Crippen LogP contribution in [0.3, 0.4) is 0 Å². The molecule has 19 heavy (non-hydrogen) atoms. The van der Waals surface area contributed by atoms with E-state index < -0.39 is 0 Å². The summed E-state index contributed by atoms with van der Waals surface area (Å²) in [4.78, 5) is 4.88. The smallest absolute Gasteiger partial charge is 0.109 e. The Balaban J connectivity index is 2.09. The maximum Gasteiger partial charge on any atom is 0.109 e. The predicted octanol–water partition coefficient (Wildman–Crippen LogP) is 2.70. The number of nitrogens with zero attached hydrogens (tertiary/aromatic N) is 2. The fourth-order valence-corrected chi connectivity index (χ4v) is 2.88. The third kappa shape index (κ3) is 2.30. The monoisotopic (exact) mass is 255 g/mol. The fourth-order valence-electron chi connectivity index (χ4n) is 2.88. The molecule has 0 unspecified atom stereocenters. The number of fused-ring (bicyclic) bond motifs is 1. The molecule has 0 spiro atoms. The first-order valence-corrected chi connectivity index (χ1v) is 7.15. The van der Waals surface area contributed by atoms with Crippen LogP contribution in [0.15, 0.2) is 24.3 Å². The second kappa shape index (κ2) is 5.17. The number of rotatable bonds is 3. The molecule has 0 aliphatic carbocycles. The van der Waals surface area contributed by atoms with E-state index >= 15 is 0 Å². The summed E-state index contributed by atoms with van der Waals surface area (Å²) < 4.78 is 2.39. The number of benzene rings is 1. The zero-order valence-electron chi connectivity index (χ0n) is 11.5. The molecule has 0 fully saturated rings. The summed E-state index contributed by atoms with van der Waals surface area (Å²) in [6.45, 7) is 3.90. The zero-order chi connectivity index (χ0) is 13.2. The molecule has 2 aromatic rings. The minimum Gasteiger partial charge on any atom is -0.331 e. The average molecular weight is 255 g/mol. The summed E-state index contributed by atoms with van der Waals surface area (Å²) in [5.41, 5.74) is 10.7. The number of aryl methyl sites for hydroxylation is 2. The highest BCUT2D eigenvalue weighted by molar-refractivity contribution is 5.63. The molecule has 0 radical (unpaired) electrons. The number of hydrogen-bond donors (Lipinski definition) is 1. The van der Waals surface area contributed by atoms with Crippen LogP contribution in [0.5, 0.6) is 0 Å². The molecule has 0 amide bonds. The molecule has 3 heteroatoms. The summed E-state index contributed by atoms with van der Waals surface area (Å²) in [6, 6.07) is 8.65. The van der Waals surface area contributed by atoms with Gasteiger partial charge in [-0.15, -0.1) is 0 Å². The Hall–Kier alpha value is -1.61. The number of aromatic nitrogens is 2. The van der Waals surface area contributed by atoms with Crippen molar-refractivity contribution in [2.75, 3.05) is 6.54 Å². The molecule has 3 rings (SSSR count). The molecule has 2 heterocycles. The Morgan fingerprint density at radius 2 is 2.00 bits per heavy atom. The molecule has 1 aromatic carbocycles. The molecule has 3 nitrogen and oxygen atoms in total. The molecule has 0 bridgehead atoms. The minimum atomic E-state index is 0.685. The zero-order valence-corrected chi connectivity index (χ0v) is 11.5. The lowest BCUT2D eigenvalue weighted by Gasteiger charge is -2.16. The first kappa shape index (κ1) is 12.4. The third-order valence-electron chi connectivity index (χ3n) is 3.89. The lowest BCUT2D eigenvalue weighted by molar-refractivity contribution is 0.508. The molecular weight excluding hydrogens is 234 g/mol. The van der Waals surface area contributed by atoms with E-state index in [1.165, 1.54) is 35.5 Å². The number of hydrogen-bond acceptors (Lipinski definition) is 2. The Labute approximate surface area is 114 Å². The van der Waals surface area contributed by atoms with E-state index in [4.69, 9.17) is 10.7 Å². The van der Waals surface area contributed by atoms with Crippen molar-refractivity contribution in [3.05, 3.63) is 41.3 Å². The summed E-state index contributed by atoms with van der Waals surface area (Å²) in [5, 5.41) is 0. The van der Waals surface area contributed by atoms with Gasteiger partial charge in [0.05, 0.1) is 5.69 Å². The summed E-state index contributed by atoms with van der Waals surface area (Å²) in [7, 11) is 0. The van der Waals surface area contributed by atoms with Crippen LogP contribution in [0.2, 0.25) is 0 Å². The van der Waals surface area contributed by atoms with Gasteiger partial charge in [-0.3, -0.25) is 0 Å². The second-order valence-corrected chi connectivity index (χ2v) is 5.34. The van der Waals surface area contributed by atoms with E-state index in [9.17, 15) is 0 Å². The van der Waals surface area contributed by atoms with E-state index in [0.717, 1.165) is 25.1 Å². The first-order chi connectivity index (χ1) is 9.29. The normalized spacial score (nSPS) is 14.4. The molecule has 0 saturated heterocycles. The van der Waals surface area contributed by atoms with Crippen molar-refractivity contribution in [1.29, 1.82) is 0 Å². The van der Waals surface area contributed by atoms with Crippen LogP contribution in [0.4, 0.5) is 0 Å². The van der Waals surface area contributed by atoms with Gasteiger partial charge >= 0.3 is 0 Å². The Morgan fingerprint density at radius 1 is 1.21 bits per heavy atom. The number of nitrogens with two attached hydrogens (primary N) is 1. The van der Waals surface area contributed by atoms with Gasteiger partial charge in [0, 0.05) is 30.6 Å². The van der Waals surface area contributed by atoms with Crippen LogP contribution in [0.1, 0.15) is 29.9 Å². The van der Waals surface area contributed by atoms with Gasteiger partial charge in [0.2, 0.25) is 0 Å². The molecule has 2 N–H and O–H groups in total. The van der Waals surface area contributed by atoms with Crippen molar-refractivity contribution in [2.45, 2.75) is 39.2 Å². The van der Waals surface area contributed by atoms with Gasteiger partial charge in [0.15, 0.2) is 0 Å². The van der Waals surface area contributed by atoms with Crippen molar-refractivity contribution in [1.82, 2.24) is 9.55 Å². The highest BCUT2D eigenvalue weighted by Gasteiger charge is 2.19. The molecule has 100 valence electrons. The minimum absolute atomic E-state index is 0.685. The van der Waals surface area contributed by atoms with Gasteiger partial charge in [0.25, 0.3) is 0 Å². The topological polar surface area (TPSA) is 43.8 Å². The molecule has 1 aliphatic heterocycles. The van der Waals surface area contributed by atoms with Crippen LogP contribution in [-0.4, -0.2) is 16.1 Å². The van der Waals surface area contributed by atoms with E-state index in [1.54, 1.807) is 0 Å².